The Balaban J connectivity index is 2.69. The standard InChI is InChI=1S/C8H14N2O2S/c1-5(2)6-7(11)10(4-3-9)8(12)13-6/h5-6H,3-4,9H2,1-2H3/t6-/m1/s1. The first-order chi connectivity index (χ1) is 6.07. The Morgan fingerprint density at radius 3 is 2.54 bits per heavy atom. The minimum absolute atomic E-state index is 0.0875. The Kier molecular flexibility index (Phi) is 3.33. The molecule has 1 heterocycles. The highest BCUT2D eigenvalue weighted by molar-refractivity contribution is 8.15. The lowest BCUT2D eigenvalue weighted by Gasteiger charge is -2.13. The van der Waals surface area contributed by atoms with E-state index in [-0.39, 0.29) is 22.3 Å². The van der Waals surface area contributed by atoms with Crippen molar-refractivity contribution in [1.29, 1.82) is 0 Å². The first-order valence-electron chi connectivity index (χ1n) is 4.30. The van der Waals surface area contributed by atoms with Crippen molar-refractivity contribution in [3.63, 3.8) is 0 Å². The largest absolute Gasteiger partial charge is 0.329 e. The van der Waals surface area contributed by atoms with Crippen molar-refractivity contribution < 1.29 is 9.59 Å². The lowest BCUT2D eigenvalue weighted by Crippen LogP contribution is -2.36. The number of rotatable bonds is 3. The van der Waals surface area contributed by atoms with Crippen molar-refractivity contribution in [2.45, 2.75) is 19.1 Å². The van der Waals surface area contributed by atoms with Crippen LogP contribution in [0.4, 0.5) is 4.79 Å². The molecule has 1 fully saturated rings. The molecule has 74 valence electrons. The average Bonchev–Trinajstić information content (AvgIpc) is 2.32. The minimum Gasteiger partial charge on any atom is -0.329 e. The van der Waals surface area contributed by atoms with E-state index in [1.165, 1.54) is 4.90 Å². The maximum Gasteiger partial charge on any atom is 0.289 e. The minimum atomic E-state index is -0.209. The molecule has 1 rings (SSSR count). The zero-order valence-electron chi connectivity index (χ0n) is 7.82. The smallest absolute Gasteiger partial charge is 0.289 e. The Hall–Kier alpha value is -0.550. The Morgan fingerprint density at radius 2 is 2.15 bits per heavy atom. The van der Waals surface area contributed by atoms with E-state index in [2.05, 4.69) is 0 Å². The highest BCUT2D eigenvalue weighted by atomic mass is 32.2. The first-order valence-corrected chi connectivity index (χ1v) is 5.18. The summed E-state index contributed by atoms with van der Waals surface area (Å²) in [5.41, 5.74) is 5.30. The van der Waals surface area contributed by atoms with Crippen LogP contribution in [0.2, 0.25) is 0 Å². The molecule has 0 saturated carbocycles. The SMILES string of the molecule is CC(C)[C@H]1SC(=O)N(CCN)C1=O. The Bertz CT molecular complexity index is 230. The summed E-state index contributed by atoms with van der Waals surface area (Å²) in [6.45, 7) is 4.56. The summed E-state index contributed by atoms with van der Waals surface area (Å²) in [5, 5.41) is -0.367. The number of nitrogens with two attached hydrogens (primary N) is 1. The van der Waals surface area contributed by atoms with Gasteiger partial charge in [0.15, 0.2) is 0 Å². The number of carbonyl (C=O) groups is 2. The summed E-state index contributed by atoms with van der Waals surface area (Å²) >= 11 is 1.11. The summed E-state index contributed by atoms with van der Waals surface area (Å²) in [6.07, 6.45) is 0. The zero-order valence-corrected chi connectivity index (χ0v) is 8.63. The van der Waals surface area contributed by atoms with Crippen LogP contribution in [0.5, 0.6) is 0 Å². The fourth-order valence-corrected chi connectivity index (χ4v) is 2.24. The number of hydrogen-bond acceptors (Lipinski definition) is 4. The highest BCUT2D eigenvalue weighted by Crippen LogP contribution is 2.31. The van der Waals surface area contributed by atoms with Crippen molar-refractivity contribution >= 4 is 22.9 Å². The topological polar surface area (TPSA) is 63.4 Å². The Morgan fingerprint density at radius 1 is 1.54 bits per heavy atom. The third-order valence-corrected chi connectivity index (χ3v) is 3.34. The molecule has 1 aliphatic heterocycles. The van der Waals surface area contributed by atoms with E-state index in [9.17, 15) is 9.59 Å². The van der Waals surface area contributed by atoms with Gasteiger partial charge in [-0.15, -0.1) is 0 Å². The molecule has 5 heteroatoms. The van der Waals surface area contributed by atoms with Gasteiger partial charge in [0.2, 0.25) is 5.91 Å². The van der Waals surface area contributed by atoms with E-state index in [4.69, 9.17) is 5.73 Å². The van der Waals surface area contributed by atoms with Gasteiger partial charge in [0.1, 0.15) is 0 Å². The fourth-order valence-electron chi connectivity index (χ4n) is 1.22. The predicted octanol–water partition coefficient (Wildman–Crippen LogP) is 0.665. The number of thioether (sulfide) groups is 1. The predicted molar refractivity (Wildman–Crippen MR) is 52.4 cm³/mol. The summed E-state index contributed by atoms with van der Waals surface area (Å²) in [4.78, 5) is 24.1. The monoisotopic (exact) mass is 202 g/mol. The molecule has 1 atom stereocenters. The molecule has 13 heavy (non-hydrogen) atoms. The molecule has 0 spiro atoms. The van der Waals surface area contributed by atoms with Crippen LogP contribution in [-0.2, 0) is 4.79 Å². The van der Waals surface area contributed by atoms with Crippen LogP contribution in [0.1, 0.15) is 13.8 Å². The van der Waals surface area contributed by atoms with Crippen LogP contribution in [0.15, 0.2) is 0 Å². The van der Waals surface area contributed by atoms with Gasteiger partial charge in [-0.2, -0.15) is 0 Å². The number of imide groups is 1. The summed E-state index contributed by atoms with van der Waals surface area (Å²) in [6, 6.07) is 0. The summed E-state index contributed by atoms with van der Waals surface area (Å²) in [5.74, 6) is 0.111. The van der Waals surface area contributed by atoms with Gasteiger partial charge in [-0.1, -0.05) is 25.6 Å². The quantitative estimate of drug-likeness (QED) is 0.730. The maximum absolute atomic E-state index is 11.6. The zero-order chi connectivity index (χ0) is 10.0. The van der Waals surface area contributed by atoms with Gasteiger partial charge < -0.3 is 5.73 Å². The fraction of sp³-hybridized carbons (Fsp3) is 0.750. The van der Waals surface area contributed by atoms with E-state index in [1.54, 1.807) is 0 Å². The number of carbonyl (C=O) groups excluding carboxylic acids is 2. The van der Waals surface area contributed by atoms with E-state index in [0.29, 0.717) is 13.1 Å². The third-order valence-electron chi connectivity index (χ3n) is 1.92. The van der Waals surface area contributed by atoms with E-state index in [0.717, 1.165) is 11.8 Å². The van der Waals surface area contributed by atoms with Crippen LogP contribution >= 0.6 is 11.8 Å². The Labute approximate surface area is 81.8 Å². The molecule has 0 aromatic heterocycles. The van der Waals surface area contributed by atoms with Gasteiger partial charge in [-0.3, -0.25) is 14.5 Å². The van der Waals surface area contributed by atoms with Gasteiger partial charge in [0.25, 0.3) is 5.24 Å². The van der Waals surface area contributed by atoms with Crippen molar-refractivity contribution in [3.05, 3.63) is 0 Å². The molecule has 2 amide bonds. The molecule has 0 unspecified atom stereocenters. The molecule has 1 aliphatic rings. The molecular weight excluding hydrogens is 188 g/mol. The highest BCUT2D eigenvalue weighted by Gasteiger charge is 2.40. The summed E-state index contributed by atoms with van der Waals surface area (Å²) in [7, 11) is 0. The van der Waals surface area contributed by atoms with Gasteiger partial charge in [-0.05, 0) is 5.92 Å². The van der Waals surface area contributed by atoms with Crippen LogP contribution in [-0.4, -0.2) is 34.4 Å². The van der Waals surface area contributed by atoms with Crippen LogP contribution in [0.25, 0.3) is 0 Å². The molecular formula is C8H14N2O2S. The maximum atomic E-state index is 11.6. The second-order valence-corrected chi connectivity index (χ2v) is 4.42. The molecule has 2 N–H and O–H groups in total. The lowest BCUT2D eigenvalue weighted by atomic mass is 10.1. The second-order valence-electron chi connectivity index (χ2n) is 3.33. The van der Waals surface area contributed by atoms with E-state index < -0.39 is 0 Å². The van der Waals surface area contributed by atoms with Crippen LogP contribution < -0.4 is 5.73 Å². The third kappa shape index (κ3) is 2.03. The van der Waals surface area contributed by atoms with Crippen molar-refractivity contribution in [3.8, 4) is 0 Å². The molecule has 4 nitrogen and oxygen atoms in total. The molecule has 1 saturated heterocycles. The van der Waals surface area contributed by atoms with Gasteiger partial charge in [-0.25, -0.2) is 0 Å². The van der Waals surface area contributed by atoms with Gasteiger partial charge in [0.05, 0.1) is 5.25 Å². The van der Waals surface area contributed by atoms with Gasteiger partial charge in [0, 0.05) is 13.1 Å². The van der Waals surface area contributed by atoms with Crippen LogP contribution in [0, 0.1) is 5.92 Å². The molecule has 0 bridgehead atoms. The number of amides is 2. The molecule has 0 aliphatic carbocycles. The van der Waals surface area contributed by atoms with E-state index in [1.807, 2.05) is 13.8 Å². The van der Waals surface area contributed by atoms with Gasteiger partial charge >= 0.3 is 0 Å². The van der Waals surface area contributed by atoms with Crippen LogP contribution in [0.3, 0.4) is 0 Å². The molecule has 0 aromatic rings. The van der Waals surface area contributed by atoms with Crippen molar-refractivity contribution in [2.75, 3.05) is 13.1 Å². The van der Waals surface area contributed by atoms with E-state index >= 15 is 0 Å². The van der Waals surface area contributed by atoms with Crippen molar-refractivity contribution in [2.24, 2.45) is 11.7 Å². The molecule has 0 radical (unpaired) electrons. The summed E-state index contributed by atoms with van der Waals surface area (Å²) < 4.78 is 0. The first kappa shape index (κ1) is 10.5. The average molecular weight is 202 g/mol. The molecule has 0 aromatic carbocycles. The number of nitrogens with zero attached hydrogens (tertiary/aromatic N) is 1. The van der Waals surface area contributed by atoms with Crippen molar-refractivity contribution in [1.82, 2.24) is 4.90 Å². The second kappa shape index (κ2) is 4.11. The number of hydrogen-bond donors (Lipinski definition) is 1. The normalized spacial score (nSPS) is 23.4. The lowest BCUT2D eigenvalue weighted by molar-refractivity contribution is -0.127.